The first-order chi connectivity index (χ1) is 7.22. The van der Waals surface area contributed by atoms with Gasteiger partial charge in [0.2, 0.25) is 0 Å². The molecule has 1 heterocycles. The second-order valence-corrected chi connectivity index (χ2v) is 3.04. The molecule has 0 saturated heterocycles. The molecule has 0 aliphatic carbocycles. The monoisotopic (exact) mass is 209 g/mol. The fourth-order valence-electron chi connectivity index (χ4n) is 1.35. The van der Waals surface area contributed by atoms with E-state index in [0.717, 1.165) is 0 Å². The van der Waals surface area contributed by atoms with Gasteiger partial charge in [-0.2, -0.15) is 0 Å². The van der Waals surface area contributed by atoms with Crippen molar-refractivity contribution in [2.24, 2.45) is 5.73 Å². The Hall–Kier alpha value is -1.75. The van der Waals surface area contributed by atoms with Crippen LogP contribution in [-0.2, 0) is 6.54 Å². The van der Waals surface area contributed by atoms with Crippen molar-refractivity contribution in [3.63, 3.8) is 0 Å². The van der Waals surface area contributed by atoms with Gasteiger partial charge in [-0.15, -0.1) is 0 Å². The third kappa shape index (κ3) is 1.73. The first-order valence-electron chi connectivity index (χ1n) is 4.40. The third-order valence-electron chi connectivity index (χ3n) is 2.05. The predicted molar refractivity (Wildman–Crippen MR) is 51.8 cm³/mol. The van der Waals surface area contributed by atoms with Gasteiger partial charge in [0, 0.05) is 0 Å². The Kier molecular flexibility index (Phi) is 2.47. The van der Waals surface area contributed by atoms with Gasteiger partial charge in [-0.25, -0.2) is 13.8 Å². The van der Waals surface area contributed by atoms with Crippen molar-refractivity contribution in [3.05, 3.63) is 41.9 Å². The minimum absolute atomic E-state index is 0.107. The summed E-state index contributed by atoms with van der Waals surface area (Å²) >= 11 is 0. The maximum Gasteiger partial charge on any atom is 0.135 e. The van der Waals surface area contributed by atoms with Gasteiger partial charge in [0.1, 0.15) is 17.5 Å². The molecule has 3 nitrogen and oxygen atoms in total. The van der Waals surface area contributed by atoms with Gasteiger partial charge in [-0.1, -0.05) is 6.07 Å². The van der Waals surface area contributed by atoms with Crippen molar-refractivity contribution >= 4 is 0 Å². The second kappa shape index (κ2) is 3.78. The number of benzene rings is 1. The lowest BCUT2D eigenvalue weighted by Gasteiger charge is -2.00. The van der Waals surface area contributed by atoms with Crippen molar-refractivity contribution in [1.29, 1.82) is 0 Å². The highest BCUT2D eigenvalue weighted by Crippen LogP contribution is 2.23. The first kappa shape index (κ1) is 9.79. The highest BCUT2D eigenvalue weighted by Gasteiger charge is 2.12. The van der Waals surface area contributed by atoms with Crippen molar-refractivity contribution < 1.29 is 8.78 Å². The Morgan fingerprint density at radius 2 is 1.93 bits per heavy atom. The third-order valence-corrected chi connectivity index (χ3v) is 2.05. The summed E-state index contributed by atoms with van der Waals surface area (Å²) in [5, 5.41) is 0. The lowest BCUT2D eigenvalue weighted by Crippen LogP contribution is -1.98. The van der Waals surface area contributed by atoms with Crippen molar-refractivity contribution in [2.75, 3.05) is 0 Å². The van der Waals surface area contributed by atoms with Crippen LogP contribution in [0, 0.1) is 11.6 Å². The van der Waals surface area contributed by atoms with Crippen LogP contribution in [0.1, 0.15) is 5.82 Å². The maximum absolute atomic E-state index is 13.3. The van der Waals surface area contributed by atoms with Crippen molar-refractivity contribution in [1.82, 2.24) is 9.97 Å². The molecule has 3 N–H and O–H groups in total. The zero-order valence-electron chi connectivity index (χ0n) is 7.80. The van der Waals surface area contributed by atoms with E-state index < -0.39 is 11.6 Å². The molecule has 78 valence electrons. The van der Waals surface area contributed by atoms with Gasteiger partial charge in [0.15, 0.2) is 0 Å². The SMILES string of the molecule is NCc1ncc(-c2c(F)cccc2F)[nH]1. The fourth-order valence-corrected chi connectivity index (χ4v) is 1.35. The number of halogens is 2. The van der Waals surface area contributed by atoms with Gasteiger partial charge in [0.25, 0.3) is 0 Å². The van der Waals surface area contributed by atoms with Gasteiger partial charge in [-0.3, -0.25) is 0 Å². The molecular weight excluding hydrogens is 200 g/mol. The number of hydrogen-bond donors (Lipinski definition) is 2. The molecular formula is C10H9F2N3. The van der Waals surface area contributed by atoms with E-state index in [1.54, 1.807) is 0 Å². The summed E-state index contributed by atoms with van der Waals surface area (Å²) in [6.07, 6.45) is 1.36. The lowest BCUT2D eigenvalue weighted by molar-refractivity contribution is 0.589. The van der Waals surface area contributed by atoms with Gasteiger partial charge < -0.3 is 10.7 Å². The number of nitrogens with zero attached hydrogens (tertiary/aromatic N) is 1. The van der Waals surface area contributed by atoms with E-state index in [9.17, 15) is 8.78 Å². The van der Waals surface area contributed by atoms with Crippen LogP contribution in [0.2, 0.25) is 0 Å². The van der Waals surface area contributed by atoms with E-state index in [1.165, 1.54) is 24.4 Å². The summed E-state index contributed by atoms with van der Waals surface area (Å²) in [5.41, 5.74) is 5.53. The molecule has 0 fully saturated rings. The van der Waals surface area contributed by atoms with E-state index in [1.807, 2.05) is 0 Å². The van der Waals surface area contributed by atoms with E-state index >= 15 is 0 Å². The minimum atomic E-state index is -0.623. The number of hydrogen-bond acceptors (Lipinski definition) is 2. The standard InChI is InChI=1S/C10H9F2N3/c11-6-2-1-3-7(12)10(6)8-5-14-9(4-13)15-8/h1-3,5H,4,13H2,(H,14,15). The minimum Gasteiger partial charge on any atom is -0.341 e. The molecule has 0 amide bonds. The zero-order valence-corrected chi connectivity index (χ0v) is 7.80. The smallest absolute Gasteiger partial charge is 0.135 e. The summed E-state index contributed by atoms with van der Waals surface area (Å²) in [6, 6.07) is 3.71. The molecule has 5 heteroatoms. The molecule has 2 rings (SSSR count). The average Bonchev–Trinajstić information content (AvgIpc) is 2.66. The Labute approximate surface area is 85.0 Å². The molecule has 0 spiro atoms. The lowest BCUT2D eigenvalue weighted by atomic mass is 10.1. The molecule has 0 aliphatic heterocycles. The molecule has 2 aromatic rings. The van der Waals surface area contributed by atoms with E-state index in [2.05, 4.69) is 9.97 Å². The normalized spacial score (nSPS) is 10.6. The van der Waals surface area contributed by atoms with Crippen LogP contribution < -0.4 is 5.73 Å². The molecule has 0 saturated carbocycles. The summed E-state index contributed by atoms with van der Waals surface area (Å²) in [5.74, 6) is -0.753. The van der Waals surface area contributed by atoms with Crippen LogP contribution in [0.5, 0.6) is 0 Å². The number of nitrogens with two attached hydrogens (primary N) is 1. The Morgan fingerprint density at radius 3 is 2.47 bits per heavy atom. The van der Waals surface area contributed by atoms with E-state index in [-0.39, 0.29) is 12.1 Å². The molecule has 15 heavy (non-hydrogen) atoms. The van der Waals surface area contributed by atoms with Crippen LogP contribution in [0.3, 0.4) is 0 Å². The first-order valence-corrected chi connectivity index (χ1v) is 4.40. The molecule has 1 aromatic heterocycles. The van der Waals surface area contributed by atoms with E-state index in [0.29, 0.717) is 11.5 Å². The fraction of sp³-hybridized carbons (Fsp3) is 0.100. The number of H-pyrrole nitrogens is 1. The maximum atomic E-state index is 13.3. The van der Waals surface area contributed by atoms with Crippen molar-refractivity contribution in [2.45, 2.75) is 6.54 Å². The molecule has 0 atom stereocenters. The van der Waals surface area contributed by atoms with Gasteiger partial charge in [0.05, 0.1) is 24.0 Å². The van der Waals surface area contributed by atoms with E-state index in [4.69, 9.17) is 5.73 Å². The molecule has 1 aromatic carbocycles. The topological polar surface area (TPSA) is 54.7 Å². The summed E-state index contributed by atoms with van der Waals surface area (Å²) in [4.78, 5) is 6.62. The van der Waals surface area contributed by atoms with Crippen LogP contribution in [-0.4, -0.2) is 9.97 Å². The Balaban J connectivity index is 2.53. The number of rotatable bonds is 2. The molecule has 0 aliphatic rings. The molecule has 0 unspecified atom stereocenters. The summed E-state index contributed by atoms with van der Waals surface area (Å²) in [6.45, 7) is 0.204. The highest BCUT2D eigenvalue weighted by molar-refractivity contribution is 5.60. The van der Waals surface area contributed by atoms with Gasteiger partial charge in [-0.05, 0) is 12.1 Å². The van der Waals surface area contributed by atoms with Gasteiger partial charge >= 0.3 is 0 Å². The predicted octanol–water partition coefficient (Wildman–Crippen LogP) is 1.81. The number of imidazole rings is 1. The number of aromatic amines is 1. The number of nitrogens with one attached hydrogen (secondary N) is 1. The average molecular weight is 209 g/mol. The second-order valence-electron chi connectivity index (χ2n) is 3.04. The van der Waals surface area contributed by atoms with Crippen molar-refractivity contribution in [3.8, 4) is 11.3 Å². The number of aromatic nitrogens is 2. The Morgan fingerprint density at radius 1 is 1.27 bits per heavy atom. The highest BCUT2D eigenvalue weighted by atomic mass is 19.1. The van der Waals surface area contributed by atoms with Crippen LogP contribution >= 0.6 is 0 Å². The zero-order chi connectivity index (χ0) is 10.8. The summed E-state index contributed by atoms with van der Waals surface area (Å²) < 4.78 is 26.7. The van der Waals surface area contributed by atoms with Crippen LogP contribution in [0.25, 0.3) is 11.3 Å². The summed E-state index contributed by atoms with van der Waals surface area (Å²) in [7, 11) is 0. The largest absolute Gasteiger partial charge is 0.341 e. The Bertz CT molecular complexity index is 459. The quantitative estimate of drug-likeness (QED) is 0.792. The molecule has 0 radical (unpaired) electrons. The van der Waals surface area contributed by atoms with Crippen LogP contribution in [0.15, 0.2) is 24.4 Å². The van der Waals surface area contributed by atoms with Crippen LogP contribution in [0.4, 0.5) is 8.78 Å². The molecule has 0 bridgehead atoms.